The maximum absolute atomic E-state index is 11.7. The molecule has 0 aromatic heterocycles. The number of rotatable bonds is 3. The maximum Gasteiger partial charge on any atom is 0.408 e. The first kappa shape index (κ1) is 13.5. The van der Waals surface area contributed by atoms with E-state index in [-0.39, 0.29) is 6.29 Å². The molecule has 2 aliphatic rings. The van der Waals surface area contributed by atoms with Crippen LogP contribution in [0.25, 0.3) is 0 Å². The van der Waals surface area contributed by atoms with E-state index in [1.165, 1.54) is 7.11 Å². The van der Waals surface area contributed by atoms with Gasteiger partial charge < -0.3 is 24.3 Å². The number of methoxy groups -OCH3 is 1. The summed E-state index contributed by atoms with van der Waals surface area (Å²) in [5, 5.41) is 2.43. The molecule has 1 amide bonds. The second-order valence-corrected chi connectivity index (χ2v) is 4.75. The summed E-state index contributed by atoms with van der Waals surface area (Å²) >= 11 is 0. The van der Waals surface area contributed by atoms with E-state index < -0.39 is 24.2 Å². The van der Waals surface area contributed by atoms with Crippen molar-refractivity contribution in [1.82, 2.24) is 5.32 Å². The Hall–Kier alpha value is -2.44. The molecule has 1 fully saturated rings. The summed E-state index contributed by atoms with van der Waals surface area (Å²) in [6.07, 6.45) is -0.996. The van der Waals surface area contributed by atoms with Crippen LogP contribution in [-0.4, -0.2) is 31.5 Å². The van der Waals surface area contributed by atoms with Crippen LogP contribution in [0.4, 0.5) is 4.79 Å². The van der Waals surface area contributed by atoms with Crippen molar-refractivity contribution in [3.8, 4) is 11.5 Å². The Bertz CT molecular complexity index is 587. The second-order valence-electron chi connectivity index (χ2n) is 4.75. The zero-order valence-corrected chi connectivity index (χ0v) is 11.6. The van der Waals surface area contributed by atoms with Crippen LogP contribution >= 0.6 is 0 Å². The lowest BCUT2D eigenvalue weighted by Crippen LogP contribution is -2.36. The Morgan fingerprint density at radius 2 is 2.05 bits per heavy atom. The topological polar surface area (TPSA) is 83.1 Å². The van der Waals surface area contributed by atoms with Gasteiger partial charge in [0.15, 0.2) is 23.6 Å². The summed E-state index contributed by atoms with van der Waals surface area (Å²) in [4.78, 5) is 23.1. The molecule has 3 atom stereocenters. The van der Waals surface area contributed by atoms with Crippen molar-refractivity contribution in [1.29, 1.82) is 0 Å². The summed E-state index contributed by atoms with van der Waals surface area (Å²) < 4.78 is 21.0. The number of carbonyl (C=O) groups excluding carboxylic acids is 2. The molecule has 0 saturated carbocycles. The van der Waals surface area contributed by atoms with Crippen molar-refractivity contribution in [2.45, 2.75) is 31.8 Å². The van der Waals surface area contributed by atoms with Crippen molar-refractivity contribution in [2.75, 3.05) is 7.11 Å². The van der Waals surface area contributed by atoms with Gasteiger partial charge in [-0.2, -0.15) is 0 Å². The molecule has 0 bridgehead atoms. The third-order valence-corrected chi connectivity index (χ3v) is 3.41. The monoisotopic (exact) mass is 293 g/mol. The van der Waals surface area contributed by atoms with Crippen LogP contribution in [0.1, 0.15) is 25.0 Å². The average molecular weight is 293 g/mol. The first-order chi connectivity index (χ1) is 10.1. The van der Waals surface area contributed by atoms with Crippen LogP contribution in [-0.2, 0) is 14.3 Å². The highest BCUT2D eigenvalue weighted by Crippen LogP contribution is 2.39. The van der Waals surface area contributed by atoms with Gasteiger partial charge in [0.05, 0.1) is 7.11 Å². The number of ether oxygens (including phenoxy) is 4. The lowest BCUT2D eigenvalue weighted by Gasteiger charge is -2.15. The maximum atomic E-state index is 11.7. The Labute approximate surface area is 121 Å². The van der Waals surface area contributed by atoms with E-state index in [1.807, 2.05) is 6.92 Å². The largest absolute Gasteiger partial charge is 0.467 e. The molecular formula is C14H15NO6. The van der Waals surface area contributed by atoms with E-state index in [0.29, 0.717) is 17.1 Å². The molecule has 1 aromatic rings. The van der Waals surface area contributed by atoms with Crippen LogP contribution < -0.4 is 14.8 Å². The molecule has 0 spiro atoms. The second kappa shape index (κ2) is 5.16. The van der Waals surface area contributed by atoms with Gasteiger partial charge in [-0.15, -0.1) is 0 Å². The minimum Gasteiger partial charge on any atom is -0.467 e. The van der Waals surface area contributed by atoms with Crippen molar-refractivity contribution >= 4 is 12.1 Å². The van der Waals surface area contributed by atoms with Gasteiger partial charge in [0, 0.05) is 6.42 Å². The van der Waals surface area contributed by atoms with Crippen LogP contribution in [0.2, 0.25) is 0 Å². The Morgan fingerprint density at radius 3 is 2.76 bits per heavy atom. The van der Waals surface area contributed by atoms with Crippen molar-refractivity contribution in [2.24, 2.45) is 0 Å². The van der Waals surface area contributed by atoms with Gasteiger partial charge in [0.25, 0.3) is 0 Å². The van der Waals surface area contributed by atoms with E-state index in [2.05, 4.69) is 10.1 Å². The number of nitrogens with one attached hydrogen (secondary N) is 1. The third kappa shape index (κ3) is 2.35. The first-order valence-corrected chi connectivity index (χ1v) is 6.64. The lowest BCUT2D eigenvalue weighted by molar-refractivity contribution is -0.144. The van der Waals surface area contributed by atoms with E-state index in [0.717, 1.165) is 6.42 Å². The number of hydrogen-bond acceptors (Lipinski definition) is 6. The quantitative estimate of drug-likeness (QED) is 0.851. The van der Waals surface area contributed by atoms with Gasteiger partial charge in [-0.1, -0.05) is 13.0 Å². The zero-order valence-electron chi connectivity index (χ0n) is 11.6. The zero-order chi connectivity index (χ0) is 15.0. The number of alkyl carbamates (subject to hydrolysis) is 1. The van der Waals surface area contributed by atoms with Crippen LogP contribution in [0.3, 0.4) is 0 Å². The molecule has 7 nitrogen and oxygen atoms in total. The minimum absolute atomic E-state index is 0.309. The summed E-state index contributed by atoms with van der Waals surface area (Å²) in [5.74, 6) is 0.651. The number of hydrogen-bond donors (Lipinski definition) is 1. The fraction of sp³-hybridized carbons (Fsp3) is 0.429. The summed E-state index contributed by atoms with van der Waals surface area (Å²) in [6, 6.07) is 4.32. The van der Waals surface area contributed by atoms with Gasteiger partial charge in [-0.3, -0.25) is 0 Å². The van der Waals surface area contributed by atoms with E-state index in [1.54, 1.807) is 18.2 Å². The third-order valence-electron chi connectivity index (χ3n) is 3.41. The highest BCUT2D eigenvalue weighted by molar-refractivity contribution is 5.85. The van der Waals surface area contributed by atoms with Gasteiger partial charge in [0.1, 0.15) is 0 Å². The van der Waals surface area contributed by atoms with Crippen LogP contribution in [0, 0.1) is 0 Å². The molecule has 3 rings (SSSR count). The Morgan fingerprint density at radius 1 is 1.29 bits per heavy atom. The van der Waals surface area contributed by atoms with Gasteiger partial charge in [-0.05, 0) is 17.7 Å². The SMILES string of the molecule is CCC1Oc2ccc(C3OC(=O)NC3C(=O)OC)cc2O1. The number of esters is 1. The molecule has 1 saturated heterocycles. The Kier molecular flexibility index (Phi) is 3.32. The summed E-state index contributed by atoms with van der Waals surface area (Å²) in [7, 11) is 1.26. The van der Waals surface area contributed by atoms with E-state index in [4.69, 9.17) is 14.2 Å². The lowest BCUT2D eigenvalue weighted by atomic mass is 10.0. The van der Waals surface area contributed by atoms with E-state index in [9.17, 15) is 9.59 Å². The van der Waals surface area contributed by atoms with E-state index >= 15 is 0 Å². The Balaban J connectivity index is 1.87. The average Bonchev–Trinajstić information content (AvgIpc) is 3.08. The van der Waals surface area contributed by atoms with Gasteiger partial charge in [-0.25, -0.2) is 9.59 Å². The molecule has 0 radical (unpaired) electrons. The van der Waals surface area contributed by atoms with Crippen molar-refractivity contribution in [3.63, 3.8) is 0 Å². The fourth-order valence-electron chi connectivity index (χ4n) is 2.36. The predicted octanol–water partition coefficient (Wildman–Crippen LogP) is 1.52. The van der Waals surface area contributed by atoms with Crippen LogP contribution in [0.5, 0.6) is 11.5 Å². The standard InChI is InChI=1S/C14H15NO6/c1-3-10-19-8-5-4-7(6-9(8)20-10)12-11(13(16)18-2)15-14(17)21-12/h4-6,10-12H,3H2,1-2H3,(H,15,17). The van der Waals surface area contributed by atoms with Crippen molar-refractivity contribution in [3.05, 3.63) is 23.8 Å². The summed E-state index contributed by atoms with van der Waals surface area (Å²) in [5.41, 5.74) is 0.642. The number of cyclic esters (lactones) is 1. The highest BCUT2D eigenvalue weighted by atomic mass is 16.7. The molecule has 0 aliphatic carbocycles. The molecule has 2 heterocycles. The fourth-order valence-corrected chi connectivity index (χ4v) is 2.36. The number of amides is 1. The molecule has 21 heavy (non-hydrogen) atoms. The molecule has 1 aromatic carbocycles. The minimum atomic E-state index is -0.871. The molecule has 3 unspecified atom stereocenters. The first-order valence-electron chi connectivity index (χ1n) is 6.64. The molecule has 7 heteroatoms. The number of carbonyl (C=O) groups is 2. The molecule has 112 valence electrons. The van der Waals surface area contributed by atoms with Gasteiger partial charge in [0.2, 0.25) is 6.29 Å². The van der Waals surface area contributed by atoms with Gasteiger partial charge >= 0.3 is 12.1 Å². The normalized spacial score (nSPS) is 26.2. The summed E-state index contributed by atoms with van der Waals surface area (Å²) in [6.45, 7) is 1.95. The predicted molar refractivity (Wildman–Crippen MR) is 69.9 cm³/mol. The van der Waals surface area contributed by atoms with Crippen LogP contribution in [0.15, 0.2) is 18.2 Å². The smallest absolute Gasteiger partial charge is 0.408 e. The highest BCUT2D eigenvalue weighted by Gasteiger charge is 2.41. The van der Waals surface area contributed by atoms with Crippen molar-refractivity contribution < 1.29 is 28.5 Å². The molecule has 1 N–H and O–H groups in total. The molecular weight excluding hydrogens is 278 g/mol. The molecule has 2 aliphatic heterocycles. The number of fused-ring (bicyclic) bond motifs is 1. The number of benzene rings is 1.